The van der Waals surface area contributed by atoms with Gasteiger partial charge in [-0.15, -0.1) is 0 Å². The first-order valence-corrected chi connectivity index (χ1v) is 8.66. The molecule has 0 fully saturated rings. The normalized spacial score (nSPS) is 11.4. The molecule has 5 nitrogen and oxygen atoms in total. The van der Waals surface area contributed by atoms with Gasteiger partial charge in [-0.25, -0.2) is 13.1 Å². The number of nitrogens with zero attached hydrogens (tertiary/aromatic N) is 1. The molecule has 2 N–H and O–H groups in total. The Balaban J connectivity index is 1.96. The molecule has 2 aromatic rings. The summed E-state index contributed by atoms with van der Waals surface area (Å²) in [5.74, 6) is 0. The number of benzene rings is 1. The molecule has 0 saturated heterocycles. The van der Waals surface area contributed by atoms with Gasteiger partial charge in [0.25, 0.3) is 0 Å². The van der Waals surface area contributed by atoms with E-state index < -0.39 is 10.0 Å². The average Bonchev–Trinajstić information content (AvgIpc) is 2.48. The van der Waals surface area contributed by atoms with Crippen LogP contribution < -0.4 is 10.0 Å². The largest absolute Gasteiger partial charge is 0.382 e. The van der Waals surface area contributed by atoms with Crippen molar-refractivity contribution in [3.05, 3.63) is 52.8 Å². The van der Waals surface area contributed by atoms with Gasteiger partial charge in [0.05, 0.1) is 15.6 Å². The summed E-state index contributed by atoms with van der Waals surface area (Å²) in [4.78, 5) is 4.20. The Hall–Kier alpha value is -1.63. The minimum absolute atomic E-state index is 0.258. The van der Waals surface area contributed by atoms with Gasteiger partial charge in [0.15, 0.2) is 0 Å². The van der Waals surface area contributed by atoms with Crippen molar-refractivity contribution in [2.45, 2.75) is 18.7 Å². The third-order valence-electron chi connectivity index (χ3n) is 3.14. The van der Waals surface area contributed by atoms with Crippen LogP contribution in [-0.2, 0) is 10.0 Å². The van der Waals surface area contributed by atoms with Crippen LogP contribution in [0.3, 0.4) is 0 Å². The van der Waals surface area contributed by atoms with Gasteiger partial charge >= 0.3 is 0 Å². The minimum atomic E-state index is -3.51. The smallest absolute Gasteiger partial charge is 0.240 e. The number of hydrogen-bond acceptors (Lipinski definition) is 4. The predicted octanol–water partition coefficient (Wildman–Crippen LogP) is 2.74. The zero-order chi connectivity index (χ0) is 16.2. The Morgan fingerprint density at radius 3 is 2.68 bits per heavy atom. The molecule has 0 aliphatic heterocycles. The van der Waals surface area contributed by atoms with E-state index >= 15 is 0 Å². The lowest BCUT2D eigenvalue weighted by molar-refractivity contribution is 0.582. The highest BCUT2D eigenvalue weighted by molar-refractivity contribution is 7.89. The third-order valence-corrected chi connectivity index (χ3v) is 5.04. The van der Waals surface area contributed by atoms with Gasteiger partial charge in [-0.1, -0.05) is 23.7 Å². The molecular weight excluding hydrogens is 322 g/mol. The van der Waals surface area contributed by atoms with E-state index in [1.807, 2.05) is 13.0 Å². The number of halogens is 1. The molecule has 118 valence electrons. The summed E-state index contributed by atoms with van der Waals surface area (Å²) >= 11 is 5.96. The Labute approximate surface area is 135 Å². The lowest BCUT2D eigenvalue weighted by atomic mass is 10.2. The molecule has 22 heavy (non-hydrogen) atoms. The van der Waals surface area contributed by atoms with Gasteiger partial charge in [-0.3, -0.25) is 4.98 Å². The minimum Gasteiger partial charge on any atom is -0.382 e. The van der Waals surface area contributed by atoms with Crippen LogP contribution in [0, 0.1) is 13.8 Å². The second-order valence-corrected chi connectivity index (χ2v) is 7.09. The highest BCUT2D eigenvalue weighted by atomic mass is 35.5. The molecule has 0 radical (unpaired) electrons. The molecule has 2 rings (SSSR count). The molecule has 1 aromatic heterocycles. The van der Waals surface area contributed by atoms with Crippen LogP contribution in [0.15, 0.2) is 41.6 Å². The molecule has 0 amide bonds. The van der Waals surface area contributed by atoms with Crippen molar-refractivity contribution in [1.82, 2.24) is 9.71 Å². The van der Waals surface area contributed by atoms with E-state index in [-0.39, 0.29) is 6.54 Å². The Kier molecular flexibility index (Phi) is 5.39. The maximum absolute atomic E-state index is 12.3. The van der Waals surface area contributed by atoms with Crippen molar-refractivity contribution in [3.8, 4) is 0 Å². The first-order chi connectivity index (χ1) is 10.4. The fraction of sp³-hybridized carbons (Fsp3) is 0.267. The summed E-state index contributed by atoms with van der Waals surface area (Å²) in [7, 11) is -3.51. The van der Waals surface area contributed by atoms with E-state index in [0.717, 1.165) is 16.8 Å². The predicted molar refractivity (Wildman–Crippen MR) is 88.8 cm³/mol. The molecule has 7 heteroatoms. The van der Waals surface area contributed by atoms with Crippen LogP contribution in [0.4, 0.5) is 5.69 Å². The average molecular weight is 340 g/mol. The topological polar surface area (TPSA) is 71.1 Å². The van der Waals surface area contributed by atoms with Crippen molar-refractivity contribution < 1.29 is 8.42 Å². The van der Waals surface area contributed by atoms with Crippen LogP contribution >= 0.6 is 11.6 Å². The molecule has 0 aliphatic rings. The highest BCUT2D eigenvalue weighted by Crippen LogP contribution is 2.19. The standard InChI is InChI=1S/C15H18ClN3O2S/c1-11-3-4-12(2)15(9-11)22(20,21)19-8-7-18-14-5-6-17-10-13(14)16/h3-6,9-10,19H,7-8H2,1-2H3,(H,17,18). The van der Waals surface area contributed by atoms with E-state index in [2.05, 4.69) is 15.0 Å². The van der Waals surface area contributed by atoms with E-state index in [9.17, 15) is 8.42 Å². The van der Waals surface area contributed by atoms with Crippen molar-refractivity contribution in [1.29, 1.82) is 0 Å². The lowest BCUT2D eigenvalue weighted by Gasteiger charge is -2.11. The Morgan fingerprint density at radius 1 is 1.18 bits per heavy atom. The van der Waals surface area contributed by atoms with Gasteiger partial charge in [0, 0.05) is 25.5 Å². The number of aryl methyl sites for hydroxylation is 2. The molecule has 0 bridgehead atoms. The SMILES string of the molecule is Cc1ccc(C)c(S(=O)(=O)NCCNc2ccncc2Cl)c1. The van der Waals surface area contributed by atoms with Crippen molar-refractivity contribution in [2.75, 3.05) is 18.4 Å². The number of rotatable bonds is 6. The van der Waals surface area contributed by atoms with E-state index in [0.29, 0.717) is 16.5 Å². The molecule has 0 saturated carbocycles. The van der Waals surface area contributed by atoms with Crippen molar-refractivity contribution in [3.63, 3.8) is 0 Å². The summed E-state index contributed by atoms with van der Waals surface area (Å²) in [5, 5.41) is 3.56. The molecule has 1 aromatic carbocycles. The highest BCUT2D eigenvalue weighted by Gasteiger charge is 2.16. The third kappa shape index (κ3) is 4.19. The first kappa shape index (κ1) is 16.7. The summed E-state index contributed by atoms with van der Waals surface area (Å²) in [5.41, 5.74) is 2.36. The van der Waals surface area contributed by atoms with Crippen LogP contribution in [0.1, 0.15) is 11.1 Å². The molecular formula is C15H18ClN3O2S. The van der Waals surface area contributed by atoms with E-state index in [4.69, 9.17) is 11.6 Å². The van der Waals surface area contributed by atoms with Crippen LogP contribution in [0.5, 0.6) is 0 Å². The van der Waals surface area contributed by atoms with Gasteiger partial charge in [0.1, 0.15) is 0 Å². The van der Waals surface area contributed by atoms with Gasteiger partial charge in [-0.05, 0) is 37.1 Å². The van der Waals surface area contributed by atoms with Gasteiger partial charge in [0.2, 0.25) is 10.0 Å². The monoisotopic (exact) mass is 339 g/mol. The number of pyridine rings is 1. The Bertz CT molecular complexity index is 763. The fourth-order valence-corrected chi connectivity index (χ4v) is 3.52. The van der Waals surface area contributed by atoms with Gasteiger partial charge in [-0.2, -0.15) is 0 Å². The van der Waals surface area contributed by atoms with E-state index in [1.54, 1.807) is 31.3 Å². The molecule has 0 unspecified atom stereocenters. The quantitative estimate of drug-likeness (QED) is 0.794. The summed E-state index contributed by atoms with van der Waals surface area (Å²) in [6.07, 6.45) is 3.15. The van der Waals surface area contributed by atoms with Crippen molar-refractivity contribution in [2.24, 2.45) is 0 Å². The second-order valence-electron chi connectivity index (χ2n) is 4.95. The number of hydrogen-bond donors (Lipinski definition) is 2. The van der Waals surface area contributed by atoms with Crippen LogP contribution in [-0.4, -0.2) is 26.5 Å². The van der Waals surface area contributed by atoms with Crippen LogP contribution in [0.25, 0.3) is 0 Å². The van der Waals surface area contributed by atoms with Crippen LogP contribution in [0.2, 0.25) is 5.02 Å². The number of aromatic nitrogens is 1. The number of sulfonamides is 1. The number of nitrogens with one attached hydrogen (secondary N) is 2. The molecule has 0 aliphatic carbocycles. The summed E-state index contributed by atoms with van der Waals surface area (Å²) in [6.45, 7) is 4.33. The zero-order valence-corrected chi connectivity index (χ0v) is 14.0. The second kappa shape index (κ2) is 7.09. The van der Waals surface area contributed by atoms with E-state index in [1.165, 1.54) is 6.20 Å². The van der Waals surface area contributed by atoms with Crippen molar-refractivity contribution >= 4 is 27.3 Å². The fourth-order valence-electron chi connectivity index (χ4n) is 1.98. The maximum atomic E-state index is 12.3. The number of anilines is 1. The van der Waals surface area contributed by atoms with Gasteiger partial charge < -0.3 is 5.32 Å². The lowest BCUT2D eigenvalue weighted by Crippen LogP contribution is -2.29. The summed E-state index contributed by atoms with van der Waals surface area (Å²) < 4.78 is 27.2. The Morgan fingerprint density at radius 2 is 1.95 bits per heavy atom. The first-order valence-electron chi connectivity index (χ1n) is 6.80. The molecule has 0 atom stereocenters. The zero-order valence-electron chi connectivity index (χ0n) is 12.4. The summed E-state index contributed by atoms with van der Waals surface area (Å²) in [6, 6.07) is 7.10. The molecule has 0 spiro atoms. The molecule has 1 heterocycles. The maximum Gasteiger partial charge on any atom is 0.240 e.